The molecule has 1 amide bonds. The van der Waals surface area contributed by atoms with Gasteiger partial charge in [-0.2, -0.15) is 0 Å². The molecule has 0 radical (unpaired) electrons. The van der Waals surface area contributed by atoms with E-state index in [1.165, 1.54) is 12.8 Å². The van der Waals surface area contributed by atoms with Gasteiger partial charge in [0.25, 0.3) is 0 Å². The van der Waals surface area contributed by atoms with Gasteiger partial charge in [0.05, 0.1) is 5.92 Å². The fourth-order valence-corrected chi connectivity index (χ4v) is 2.72. The lowest BCUT2D eigenvalue weighted by Gasteiger charge is -2.32. The molecular formula is C14H28N2O. The van der Waals surface area contributed by atoms with E-state index >= 15 is 0 Å². The second-order valence-corrected chi connectivity index (χ2v) is 5.53. The first kappa shape index (κ1) is 14.5. The van der Waals surface area contributed by atoms with Crippen LogP contribution in [0.15, 0.2) is 0 Å². The standard InChI is InChI=1S/C14H28N2O/c1-4-10-16(11(2)3)14(17)12-8-6-5-7-9-13(12)15/h11-13H,4-10,15H2,1-3H3. The third kappa shape index (κ3) is 3.98. The van der Waals surface area contributed by atoms with E-state index in [-0.39, 0.29) is 23.9 Å². The van der Waals surface area contributed by atoms with Crippen molar-refractivity contribution in [3.63, 3.8) is 0 Å². The van der Waals surface area contributed by atoms with Gasteiger partial charge in [-0.15, -0.1) is 0 Å². The molecule has 0 spiro atoms. The molecule has 0 aromatic carbocycles. The van der Waals surface area contributed by atoms with E-state index in [1.54, 1.807) is 0 Å². The Labute approximate surface area is 106 Å². The Hall–Kier alpha value is -0.570. The smallest absolute Gasteiger partial charge is 0.227 e. The van der Waals surface area contributed by atoms with Crippen molar-refractivity contribution in [2.24, 2.45) is 11.7 Å². The van der Waals surface area contributed by atoms with Crippen molar-refractivity contribution < 1.29 is 4.79 Å². The second kappa shape index (κ2) is 7.00. The number of nitrogens with zero attached hydrogens (tertiary/aromatic N) is 1. The first-order valence-electron chi connectivity index (χ1n) is 7.14. The van der Waals surface area contributed by atoms with Crippen LogP contribution >= 0.6 is 0 Å². The van der Waals surface area contributed by atoms with Crippen LogP contribution in [0.4, 0.5) is 0 Å². The summed E-state index contributed by atoms with van der Waals surface area (Å²) in [6.45, 7) is 7.17. The molecule has 1 saturated carbocycles. The molecule has 1 aliphatic carbocycles. The normalized spacial score (nSPS) is 25.7. The van der Waals surface area contributed by atoms with Gasteiger partial charge >= 0.3 is 0 Å². The lowest BCUT2D eigenvalue weighted by Crippen LogP contribution is -2.46. The van der Waals surface area contributed by atoms with E-state index in [2.05, 4.69) is 20.8 Å². The van der Waals surface area contributed by atoms with Crippen molar-refractivity contribution in [3.8, 4) is 0 Å². The van der Waals surface area contributed by atoms with E-state index in [0.717, 1.165) is 32.2 Å². The maximum absolute atomic E-state index is 12.5. The molecule has 2 N–H and O–H groups in total. The molecule has 3 heteroatoms. The van der Waals surface area contributed by atoms with Crippen molar-refractivity contribution in [2.45, 2.75) is 71.4 Å². The van der Waals surface area contributed by atoms with Crippen LogP contribution in [0.25, 0.3) is 0 Å². The highest BCUT2D eigenvalue weighted by Gasteiger charge is 2.31. The topological polar surface area (TPSA) is 46.3 Å². The van der Waals surface area contributed by atoms with Crippen molar-refractivity contribution in [2.75, 3.05) is 6.54 Å². The highest BCUT2D eigenvalue weighted by Crippen LogP contribution is 2.24. The van der Waals surface area contributed by atoms with Crippen molar-refractivity contribution in [1.82, 2.24) is 4.90 Å². The lowest BCUT2D eigenvalue weighted by atomic mass is 9.93. The number of carbonyl (C=O) groups excluding carboxylic acids is 1. The van der Waals surface area contributed by atoms with Gasteiger partial charge in [0, 0.05) is 18.6 Å². The number of hydrogen-bond acceptors (Lipinski definition) is 2. The Bertz CT molecular complexity index is 240. The monoisotopic (exact) mass is 240 g/mol. The Balaban J connectivity index is 2.69. The minimum atomic E-state index is 0.0615. The van der Waals surface area contributed by atoms with Crippen LogP contribution in [-0.2, 0) is 4.79 Å². The SMILES string of the molecule is CCCN(C(=O)C1CCCCCC1N)C(C)C. The molecule has 1 aliphatic rings. The van der Waals surface area contributed by atoms with Crippen molar-refractivity contribution >= 4 is 5.91 Å². The first-order valence-corrected chi connectivity index (χ1v) is 7.14. The number of hydrogen-bond donors (Lipinski definition) is 1. The van der Waals surface area contributed by atoms with E-state index < -0.39 is 0 Å². The summed E-state index contributed by atoms with van der Waals surface area (Å²) in [5.41, 5.74) is 6.17. The molecule has 0 bridgehead atoms. The van der Waals surface area contributed by atoms with E-state index in [9.17, 15) is 4.79 Å². The van der Waals surface area contributed by atoms with Gasteiger partial charge in [-0.25, -0.2) is 0 Å². The highest BCUT2D eigenvalue weighted by atomic mass is 16.2. The quantitative estimate of drug-likeness (QED) is 0.768. The average Bonchev–Trinajstić information content (AvgIpc) is 2.49. The average molecular weight is 240 g/mol. The summed E-state index contributed by atoms with van der Waals surface area (Å²) < 4.78 is 0. The summed E-state index contributed by atoms with van der Waals surface area (Å²) >= 11 is 0. The van der Waals surface area contributed by atoms with E-state index in [0.29, 0.717) is 0 Å². The molecule has 0 saturated heterocycles. The fourth-order valence-electron chi connectivity index (χ4n) is 2.72. The molecule has 1 rings (SSSR count). The van der Waals surface area contributed by atoms with Gasteiger partial charge in [0.1, 0.15) is 0 Å². The van der Waals surface area contributed by atoms with Crippen LogP contribution in [0.5, 0.6) is 0 Å². The largest absolute Gasteiger partial charge is 0.340 e. The number of rotatable bonds is 4. The van der Waals surface area contributed by atoms with Gasteiger partial charge in [-0.3, -0.25) is 4.79 Å². The van der Waals surface area contributed by atoms with Gasteiger partial charge < -0.3 is 10.6 Å². The molecule has 2 unspecified atom stereocenters. The van der Waals surface area contributed by atoms with E-state index in [1.807, 2.05) is 4.90 Å². The minimum absolute atomic E-state index is 0.0615. The Morgan fingerprint density at radius 3 is 2.53 bits per heavy atom. The molecular weight excluding hydrogens is 212 g/mol. The van der Waals surface area contributed by atoms with E-state index in [4.69, 9.17) is 5.73 Å². The summed E-state index contributed by atoms with van der Waals surface area (Å²) in [6, 6.07) is 0.362. The zero-order valence-corrected chi connectivity index (χ0v) is 11.6. The van der Waals surface area contributed by atoms with Gasteiger partial charge in [0.2, 0.25) is 5.91 Å². The molecule has 2 atom stereocenters. The summed E-state index contributed by atoms with van der Waals surface area (Å²) in [6.07, 6.45) is 6.57. The number of amides is 1. The van der Waals surface area contributed by atoms with Crippen molar-refractivity contribution in [1.29, 1.82) is 0 Å². The molecule has 0 aliphatic heterocycles. The van der Waals surface area contributed by atoms with Gasteiger partial charge in [-0.1, -0.05) is 26.2 Å². The third-order valence-corrected chi connectivity index (χ3v) is 3.76. The molecule has 1 fully saturated rings. The summed E-state index contributed by atoms with van der Waals surface area (Å²) in [4.78, 5) is 14.5. The maximum Gasteiger partial charge on any atom is 0.227 e. The van der Waals surface area contributed by atoms with Gasteiger partial charge in [0.15, 0.2) is 0 Å². The summed E-state index contributed by atoms with van der Waals surface area (Å²) in [5.74, 6) is 0.350. The highest BCUT2D eigenvalue weighted by molar-refractivity contribution is 5.79. The van der Waals surface area contributed by atoms with Crippen LogP contribution in [0.3, 0.4) is 0 Å². The van der Waals surface area contributed by atoms with Crippen LogP contribution < -0.4 is 5.73 Å². The van der Waals surface area contributed by atoms with Crippen LogP contribution in [0.1, 0.15) is 59.3 Å². The minimum Gasteiger partial charge on any atom is -0.340 e. The van der Waals surface area contributed by atoms with Crippen LogP contribution in [0, 0.1) is 5.92 Å². The third-order valence-electron chi connectivity index (χ3n) is 3.76. The Kier molecular flexibility index (Phi) is 5.96. The van der Waals surface area contributed by atoms with Crippen LogP contribution in [-0.4, -0.2) is 29.4 Å². The zero-order valence-electron chi connectivity index (χ0n) is 11.6. The second-order valence-electron chi connectivity index (χ2n) is 5.53. The zero-order chi connectivity index (χ0) is 12.8. The molecule has 100 valence electrons. The summed E-state index contributed by atoms with van der Waals surface area (Å²) in [5, 5.41) is 0. The maximum atomic E-state index is 12.5. The van der Waals surface area contributed by atoms with Crippen LogP contribution in [0.2, 0.25) is 0 Å². The molecule has 0 aromatic heterocycles. The van der Waals surface area contributed by atoms with Gasteiger partial charge in [-0.05, 0) is 33.1 Å². The predicted octanol–water partition coefficient (Wildman–Crippen LogP) is 2.54. The molecule has 17 heavy (non-hydrogen) atoms. The first-order chi connectivity index (χ1) is 8.07. The number of carbonyl (C=O) groups is 1. The molecule has 3 nitrogen and oxygen atoms in total. The Morgan fingerprint density at radius 1 is 1.29 bits per heavy atom. The fraction of sp³-hybridized carbons (Fsp3) is 0.929. The molecule has 0 aromatic rings. The molecule has 0 heterocycles. The predicted molar refractivity (Wildman–Crippen MR) is 71.7 cm³/mol. The lowest BCUT2D eigenvalue weighted by molar-refractivity contribution is -0.138. The Morgan fingerprint density at radius 2 is 1.94 bits per heavy atom. The number of nitrogens with two attached hydrogens (primary N) is 1. The van der Waals surface area contributed by atoms with Crippen molar-refractivity contribution in [3.05, 3.63) is 0 Å². The summed E-state index contributed by atoms with van der Waals surface area (Å²) in [7, 11) is 0.